The molecule has 1 aliphatic carbocycles. The highest BCUT2D eigenvalue weighted by atomic mass is 79.9. The molecule has 1 aliphatic rings. The van der Waals surface area contributed by atoms with E-state index in [4.69, 9.17) is 10.5 Å². The van der Waals surface area contributed by atoms with Gasteiger partial charge in [0.15, 0.2) is 0 Å². The van der Waals surface area contributed by atoms with Crippen molar-refractivity contribution in [1.29, 1.82) is 0 Å². The van der Waals surface area contributed by atoms with Crippen molar-refractivity contribution in [3.63, 3.8) is 0 Å². The average molecular weight is 318 g/mol. The predicted molar refractivity (Wildman–Crippen MR) is 76.3 cm³/mol. The number of rotatable bonds is 4. The molecule has 4 heteroatoms. The zero-order valence-electron chi connectivity index (χ0n) is 10.2. The second-order valence-corrected chi connectivity index (χ2v) is 7.39. The third kappa shape index (κ3) is 3.78. The molecule has 1 fully saturated rings. The van der Waals surface area contributed by atoms with E-state index in [1.54, 1.807) is 11.3 Å². The number of hydrogen-bond acceptors (Lipinski definition) is 3. The van der Waals surface area contributed by atoms with E-state index in [1.807, 2.05) is 0 Å². The van der Waals surface area contributed by atoms with Gasteiger partial charge in [0.05, 0.1) is 9.89 Å². The summed E-state index contributed by atoms with van der Waals surface area (Å²) >= 11 is 5.21. The van der Waals surface area contributed by atoms with Gasteiger partial charge < -0.3 is 10.5 Å². The Morgan fingerprint density at radius 3 is 2.94 bits per heavy atom. The molecule has 2 nitrogen and oxygen atoms in total. The van der Waals surface area contributed by atoms with Crippen molar-refractivity contribution < 1.29 is 4.74 Å². The van der Waals surface area contributed by atoms with Gasteiger partial charge >= 0.3 is 0 Å². The van der Waals surface area contributed by atoms with E-state index < -0.39 is 0 Å². The molecule has 3 unspecified atom stereocenters. The third-order valence-electron chi connectivity index (χ3n) is 3.37. The van der Waals surface area contributed by atoms with Crippen molar-refractivity contribution in [2.24, 2.45) is 11.7 Å². The summed E-state index contributed by atoms with van der Waals surface area (Å²) in [6.07, 6.45) is 5.47. The van der Waals surface area contributed by atoms with Gasteiger partial charge in [0.1, 0.15) is 6.10 Å². The van der Waals surface area contributed by atoms with Crippen molar-refractivity contribution in [3.8, 4) is 0 Å². The monoisotopic (exact) mass is 317 g/mol. The molecule has 0 aromatic carbocycles. The zero-order valence-corrected chi connectivity index (χ0v) is 12.6. The first kappa shape index (κ1) is 13.5. The Bertz CT molecular complexity index is 355. The fraction of sp³-hybridized carbons (Fsp3) is 0.692. The van der Waals surface area contributed by atoms with Crippen LogP contribution >= 0.6 is 27.3 Å². The van der Waals surface area contributed by atoms with E-state index in [2.05, 4.69) is 35.0 Å². The Kier molecular flexibility index (Phi) is 5.03. The molecule has 1 saturated carbocycles. The molecule has 0 radical (unpaired) electrons. The Morgan fingerprint density at radius 2 is 2.35 bits per heavy atom. The van der Waals surface area contributed by atoms with E-state index in [9.17, 15) is 0 Å². The lowest BCUT2D eigenvalue weighted by atomic mass is 9.88. The van der Waals surface area contributed by atoms with Crippen molar-refractivity contribution in [3.05, 3.63) is 20.8 Å². The lowest BCUT2D eigenvalue weighted by Gasteiger charge is -2.29. The highest BCUT2D eigenvalue weighted by Crippen LogP contribution is 2.33. The van der Waals surface area contributed by atoms with Crippen LogP contribution in [-0.4, -0.2) is 12.6 Å². The minimum atomic E-state index is 0.0709. The predicted octanol–water partition coefficient (Wildman–Crippen LogP) is 4.11. The topological polar surface area (TPSA) is 35.2 Å². The number of ether oxygens (including phenoxy) is 1. The summed E-state index contributed by atoms with van der Waals surface area (Å²) in [7, 11) is 0. The molecule has 2 N–H and O–H groups in total. The standard InChI is InChI=1S/C13H20BrNOS/c1-9-3-2-4-10(7-9)16-11(8-15)12-5-6-13(14)17-12/h5-6,9-11H,2-4,7-8,15H2,1H3. The number of thiophene rings is 1. The van der Waals surface area contributed by atoms with Crippen LogP contribution in [0.25, 0.3) is 0 Å². The van der Waals surface area contributed by atoms with Crippen molar-refractivity contribution >= 4 is 27.3 Å². The van der Waals surface area contributed by atoms with Crippen molar-refractivity contribution in [1.82, 2.24) is 0 Å². The normalized spacial score (nSPS) is 27.0. The fourth-order valence-corrected chi connectivity index (χ4v) is 3.95. The zero-order chi connectivity index (χ0) is 12.3. The highest BCUT2D eigenvalue weighted by molar-refractivity contribution is 9.11. The number of nitrogens with two attached hydrogens (primary N) is 1. The van der Waals surface area contributed by atoms with Gasteiger partial charge in [0.25, 0.3) is 0 Å². The van der Waals surface area contributed by atoms with Crippen LogP contribution in [0.4, 0.5) is 0 Å². The Labute approximate surface area is 116 Å². The quantitative estimate of drug-likeness (QED) is 0.907. The number of hydrogen-bond donors (Lipinski definition) is 1. The molecule has 96 valence electrons. The van der Waals surface area contributed by atoms with Gasteiger partial charge in [-0.3, -0.25) is 0 Å². The van der Waals surface area contributed by atoms with Crippen LogP contribution in [0.1, 0.15) is 43.6 Å². The molecule has 1 heterocycles. The molecule has 0 bridgehead atoms. The molecule has 0 aliphatic heterocycles. The van der Waals surface area contributed by atoms with E-state index in [-0.39, 0.29) is 6.10 Å². The first-order valence-electron chi connectivity index (χ1n) is 6.29. The maximum atomic E-state index is 6.17. The minimum Gasteiger partial charge on any atom is -0.368 e. The molecular weight excluding hydrogens is 298 g/mol. The van der Waals surface area contributed by atoms with Gasteiger partial charge in [0.2, 0.25) is 0 Å². The Hall–Kier alpha value is 0.1000. The van der Waals surface area contributed by atoms with Crippen LogP contribution in [0.5, 0.6) is 0 Å². The summed E-state index contributed by atoms with van der Waals surface area (Å²) in [5, 5.41) is 0. The largest absolute Gasteiger partial charge is 0.368 e. The maximum absolute atomic E-state index is 6.17. The van der Waals surface area contributed by atoms with E-state index in [1.165, 1.54) is 30.6 Å². The molecule has 1 aromatic rings. The smallest absolute Gasteiger partial charge is 0.104 e. The first-order valence-corrected chi connectivity index (χ1v) is 7.90. The molecular formula is C13H20BrNOS. The second-order valence-electron chi connectivity index (χ2n) is 4.90. The molecule has 2 rings (SSSR count). The lowest BCUT2D eigenvalue weighted by Crippen LogP contribution is -2.26. The van der Waals surface area contributed by atoms with E-state index in [0.717, 1.165) is 9.70 Å². The van der Waals surface area contributed by atoms with E-state index >= 15 is 0 Å². The summed E-state index contributed by atoms with van der Waals surface area (Å²) in [4.78, 5) is 1.23. The van der Waals surface area contributed by atoms with Crippen molar-refractivity contribution in [2.45, 2.75) is 44.8 Å². The van der Waals surface area contributed by atoms with Crippen LogP contribution in [0, 0.1) is 5.92 Å². The third-order valence-corrected chi connectivity index (χ3v) is 5.09. The summed E-state index contributed by atoms with van der Waals surface area (Å²) in [6, 6.07) is 4.17. The molecule has 1 aromatic heterocycles. The van der Waals surface area contributed by atoms with Crippen molar-refractivity contribution in [2.75, 3.05) is 6.54 Å². The van der Waals surface area contributed by atoms with Crippen LogP contribution in [0.15, 0.2) is 15.9 Å². The fourth-order valence-electron chi connectivity index (χ4n) is 2.47. The summed E-state index contributed by atoms with van der Waals surface area (Å²) in [5.74, 6) is 0.794. The van der Waals surface area contributed by atoms with Gasteiger partial charge in [0, 0.05) is 11.4 Å². The average Bonchev–Trinajstić information content (AvgIpc) is 2.73. The lowest BCUT2D eigenvalue weighted by molar-refractivity contribution is -0.0345. The summed E-state index contributed by atoms with van der Waals surface area (Å²) < 4.78 is 7.32. The molecule has 0 spiro atoms. The Balaban J connectivity index is 1.95. The maximum Gasteiger partial charge on any atom is 0.104 e. The van der Waals surface area contributed by atoms with Crippen LogP contribution < -0.4 is 5.73 Å². The molecule has 0 amide bonds. The second kappa shape index (κ2) is 6.32. The van der Waals surface area contributed by atoms with Gasteiger partial charge in [-0.25, -0.2) is 0 Å². The molecule has 0 saturated heterocycles. The van der Waals surface area contributed by atoms with Gasteiger partial charge in [-0.2, -0.15) is 0 Å². The molecule has 17 heavy (non-hydrogen) atoms. The molecule has 3 atom stereocenters. The minimum absolute atomic E-state index is 0.0709. The van der Waals surface area contributed by atoms with Gasteiger partial charge in [-0.05, 0) is 46.8 Å². The van der Waals surface area contributed by atoms with Gasteiger partial charge in [-0.1, -0.05) is 19.8 Å². The summed E-state index contributed by atoms with van der Waals surface area (Å²) in [6.45, 7) is 2.88. The Morgan fingerprint density at radius 1 is 1.53 bits per heavy atom. The first-order chi connectivity index (χ1) is 8.19. The number of halogens is 1. The van der Waals surface area contributed by atoms with Crippen LogP contribution in [0.3, 0.4) is 0 Å². The van der Waals surface area contributed by atoms with E-state index in [0.29, 0.717) is 12.6 Å². The SMILES string of the molecule is CC1CCCC(OC(CN)c2ccc(Br)s2)C1. The highest BCUT2D eigenvalue weighted by Gasteiger charge is 2.23. The summed E-state index contributed by atoms with van der Waals surface area (Å²) in [5.41, 5.74) is 5.83. The van der Waals surface area contributed by atoms with Gasteiger partial charge in [-0.15, -0.1) is 11.3 Å². The van der Waals surface area contributed by atoms with Crippen LogP contribution in [0.2, 0.25) is 0 Å². The van der Waals surface area contributed by atoms with Crippen LogP contribution in [-0.2, 0) is 4.74 Å².